The summed E-state index contributed by atoms with van der Waals surface area (Å²) in [6, 6.07) is 0. The zero-order chi connectivity index (χ0) is 12.3. The molecule has 0 radical (unpaired) electrons. The molecule has 1 aliphatic rings. The summed E-state index contributed by atoms with van der Waals surface area (Å²) in [4.78, 5) is 32.9. The fraction of sp³-hybridized carbons (Fsp3) is 0.667. The topological polar surface area (TPSA) is 115 Å². The van der Waals surface area contributed by atoms with E-state index in [1.54, 1.807) is 0 Å². The summed E-state index contributed by atoms with van der Waals surface area (Å²) in [7, 11) is 0. The molecule has 0 unspecified atom stereocenters. The van der Waals surface area contributed by atoms with E-state index in [1.807, 2.05) is 0 Å². The van der Waals surface area contributed by atoms with E-state index in [-0.39, 0.29) is 25.9 Å². The summed E-state index contributed by atoms with van der Waals surface area (Å²) in [6.07, 6.45) is -1.52. The van der Waals surface area contributed by atoms with Crippen LogP contribution >= 0.6 is 0 Å². The van der Waals surface area contributed by atoms with Gasteiger partial charge in [-0.25, -0.2) is 4.79 Å². The third-order valence-corrected chi connectivity index (χ3v) is 2.72. The maximum absolute atomic E-state index is 10.7. The molecule has 7 nitrogen and oxygen atoms in total. The van der Waals surface area contributed by atoms with Gasteiger partial charge in [0.25, 0.3) is 0 Å². The van der Waals surface area contributed by atoms with Gasteiger partial charge in [0, 0.05) is 13.1 Å². The summed E-state index contributed by atoms with van der Waals surface area (Å²) in [6.45, 7) is 0.194. The van der Waals surface area contributed by atoms with E-state index < -0.39 is 29.9 Å². The molecule has 0 saturated carbocycles. The van der Waals surface area contributed by atoms with Crippen molar-refractivity contribution in [2.45, 2.75) is 12.8 Å². The van der Waals surface area contributed by atoms with Gasteiger partial charge in [0.2, 0.25) is 0 Å². The van der Waals surface area contributed by atoms with Gasteiger partial charge in [-0.3, -0.25) is 9.59 Å². The molecule has 1 heterocycles. The predicted molar refractivity (Wildman–Crippen MR) is 51.1 cm³/mol. The Hall–Kier alpha value is -1.79. The predicted octanol–water partition coefficient (Wildman–Crippen LogP) is 0.162. The van der Waals surface area contributed by atoms with Crippen LogP contribution in [0.1, 0.15) is 12.8 Å². The van der Waals surface area contributed by atoms with Gasteiger partial charge in [-0.2, -0.15) is 0 Å². The van der Waals surface area contributed by atoms with Gasteiger partial charge in [-0.15, -0.1) is 0 Å². The van der Waals surface area contributed by atoms with Gasteiger partial charge in [-0.1, -0.05) is 0 Å². The normalized spacial score (nSPS) is 24.4. The molecule has 1 saturated heterocycles. The number of amides is 1. The first-order valence-electron chi connectivity index (χ1n) is 4.81. The van der Waals surface area contributed by atoms with Crippen LogP contribution in [0, 0.1) is 11.8 Å². The van der Waals surface area contributed by atoms with E-state index >= 15 is 0 Å². The third kappa shape index (κ3) is 3.11. The molecule has 0 aliphatic carbocycles. The Balaban J connectivity index is 2.66. The molecule has 0 spiro atoms. The Morgan fingerprint density at radius 1 is 0.938 bits per heavy atom. The first-order chi connectivity index (χ1) is 7.40. The highest BCUT2D eigenvalue weighted by molar-refractivity contribution is 5.70. The second-order valence-electron chi connectivity index (χ2n) is 3.90. The maximum Gasteiger partial charge on any atom is 0.407 e. The monoisotopic (exact) mass is 231 g/mol. The lowest BCUT2D eigenvalue weighted by Crippen LogP contribution is -2.27. The molecule has 1 aliphatic heterocycles. The van der Waals surface area contributed by atoms with Crippen LogP contribution in [0.4, 0.5) is 4.79 Å². The second kappa shape index (κ2) is 4.82. The fourth-order valence-electron chi connectivity index (χ4n) is 2.01. The largest absolute Gasteiger partial charge is 0.481 e. The van der Waals surface area contributed by atoms with Crippen LogP contribution in [0.3, 0.4) is 0 Å². The lowest BCUT2D eigenvalue weighted by Gasteiger charge is -2.12. The number of likely N-dealkylation sites (tertiary alicyclic amines) is 1. The van der Waals surface area contributed by atoms with Crippen LogP contribution in [0.5, 0.6) is 0 Å². The van der Waals surface area contributed by atoms with Crippen LogP contribution in [0.2, 0.25) is 0 Å². The van der Waals surface area contributed by atoms with Crippen LogP contribution < -0.4 is 0 Å². The highest BCUT2D eigenvalue weighted by atomic mass is 16.4. The van der Waals surface area contributed by atoms with Crippen molar-refractivity contribution in [3.05, 3.63) is 0 Å². The number of hydrogen-bond acceptors (Lipinski definition) is 3. The maximum atomic E-state index is 10.7. The number of rotatable bonds is 4. The van der Waals surface area contributed by atoms with Crippen molar-refractivity contribution >= 4 is 18.0 Å². The first kappa shape index (κ1) is 12.3. The van der Waals surface area contributed by atoms with Gasteiger partial charge in [-0.05, 0) is 11.8 Å². The fourth-order valence-corrected chi connectivity index (χ4v) is 2.01. The highest BCUT2D eigenvalue weighted by Gasteiger charge is 2.37. The quantitative estimate of drug-likeness (QED) is 0.634. The summed E-state index contributed by atoms with van der Waals surface area (Å²) in [5.41, 5.74) is 0. The second-order valence-corrected chi connectivity index (χ2v) is 3.90. The minimum atomic E-state index is -1.14. The molecule has 0 aromatic heterocycles. The molecule has 7 heteroatoms. The molecule has 1 fully saturated rings. The number of carboxylic acid groups (broad SMARTS) is 3. The zero-order valence-electron chi connectivity index (χ0n) is 8.50. The number of hydrogen-bond donors (Lipinski definition) is 3. The smallest absolute Gasteiger partial charge is 0.407 e. The molecule has 1 rings (SSSR count). The van der Waals surface area contributed by atoms with E-state index in [1.165, 1.54) is 0 Å². The average molecular weight is 231 g/mol. The van der Waals surface area contributed by atoms with Gasteiger partial charge in [0.15, 0.2) is 0 Å². The van der Waals surface area contributed by atoms with Gasteiger partial charge >= 0.3 is 18.0 Å². The summed E-state index contributed by atoms with van der Waals surface area (Å²) in [5.74, 6) is -2.89. The van der Waals surface area contributed by atoms with Crippen molar-refractivity contribution in [1.82, 2.24) is 4.90 Å². The number of carboxylic acids is 2. The van der Waals surface area contributed by atoms with Gasteiger partial charge < -0.3 is 20.2 Å². The van der Waals surface area contributed by atoms with E-state index in [2.05, 4.69) is 0 Å². The van der Waals surface area contributed by atoms with Gasteiger partial charge in [0.1, 0.15) is 0 Å². The lowest BCUT2D eigenvalue weighted by atomic mass is 9.90. The highest BCUT2D eigenvalue weighted by Crippen LogP contribution is 2.28. The molecule has 0 aromatic rings. The number of nitrogens with zero attached hydrogens (tertiary/aromatic N) is 1. The van der Waals surface area contributed by atoms with Crippen LogP contribution in [-0.4, -0.2) is 51.3 Å². The Morgan fingerprint density at radius 3 is 1.56 bits per heavy atom. The Bertz CT molecular complexity index is 291. The standard InChI is InChI=1S/C9H13NO6/c11-7(12)1-5-3-10(9(15)16)4-6(5)2-8(13)14/h5-6H,1-4H2,(H,11,12)(H,13,14)(H,15,16)/t5-,6+. The van der Waals surface area contributed by atoms with Crippen molar-refractivity contribution in [2.75, 3.05) is 13.1 Å². The van der Waals surface area contributed by atoms with E-state index in [0.29, 0.717) is 0 Å². The average Bonchev–Trinajstić information content (AvgIpc) is 2.46. The van der Waals surface area contributed by atoms with Crippen molar-refractivity contribution in [1.29, 1.82) is 0 Å². The molecule has 90 valence electrons. The third-order valence-electron chi connectivity index (χ3n) is 2.72. The van der Waals surface area contributed by atoms with Crippen LogP contribution in [0.15, 0.2) is 0 Å². The molecule has 0 bridgehead atoms. The summed E-state index contributed by atoms with van der Waals surface area (Å²) in [5, 5.41) is 26.0. The van der Waals surface area contributed by atoms with Crippen molar-refractivity contribution in [2.24, 2.45) is 11.8 Å². The minimum Gasteiger partial charge on any atom is -0.481 e. The van der Waals surface area contributed by atoms with Crippen molar-refractivity contribution < 1.29 is 29.7 Å². The molecule has 2 atom stereocenters. The molecule has 1 amide bonds. The van der Waals surface area contributed by atoms with Crippen LogP contribution in [-0.2, 0) is 9.59 Å². The summed E-state index contributed by atoms with van der Waals surface area (Å²) < 4.78 is 0. The molecule has 3 N–H and O–H groups in total. The number of carbonyl (C=O) groups is 3. The lowest BCUT2D eigenvalue weighted by molar-refractivity contribution is -0.141. The zero-order valence-corrected chi connectivity index (χ0v) is 8.50. The van der Waals surface area contributed by atoms with Crippen LogP contribution in [0.25, 0.3) is 0 Å². The summed E-state index contributed by atoms with van der Waals surface area (Å²) >= 11 is 0. The minimum absolute atomic E-state index is 0.0968. The Morgan fingerprint density at radius 2 is 1.31 bits per heavy atom. The van der Waals surface area contributed by atoms with E-state index in [4.69, 9.17) is 15.3 Å². The van der Waals surface area contributed by atoms with E-state index in [0.717, 1.165) is 4.90 Å². The van der Waals surface area contributed by atoms with Crippen molar-refractivity contribution in [3.8, 4) is 0 Å². The van der Waals surface area contributed by atoms with Gasteiger partial charge in [0.05, 0.1) is 12.8 Å². The van der Waals surface area contributed by atoms with E-state index in [9.17, 15) is 14.4 Å². The molecular formula is C9H13NO6. The Labute approximate surface area is 91.3 Å². The first-order valence-corrected chi connectivity index (χ1v) is 4.81. The Kier molecular flexibility index (Phi) is 3.70. The molecular weight excluding hydrogens is 218 g/mol. The SMILES string of the molecule is O=C(O)C[C@@H]1CN(C(=O)O)C[C@@H]1CC(=O)O. The number of aliphatic carboxylic acids is 2. The molecule has 0 aromatic carbocycles. The molecule has 16 heavy (non-hydrogen) atoms. The van der Waals surface area contributed by atoms with Crippen molar-refractivity contribution in [3.63, 3.8) is 0 Å².